The van der Waals surface area contributed by atoms with Gasteiger partial charge in [-0.2, -0.15) is 17.2 Å². The Morgan fingerprint density at radius 1 is 0.750 bits per heavy atom. The molecule has 0 fully saturated rings. The number of fused-ring (bicyclic) bond motifs is 3. The predicted molar refractivity (Wildman–Crippen MR) is 192 cm³/mol. The van der Waals surface area contributed by atoms with E-state index in [1.54, 1.807) is 0 Å². The summed E-state index contributed by atoms with van der Waals surface area (Å²) in [5.74, 6) is 2.10. The average Bonchev–Trinajstić information content (AvgIpc) is 3.58. The molecule has 0 bridgehead atoms. The number of unbranched alkanes of at least 4 members (excludes halogenated alkanes) is 1. The number of pyridine rings is 1. The maximum atomic E-state index is 6.49. The Hall–Kier alpha value is -4.50. The molecule has 3 heterocycles. The number of hydrogen-bond acceptors (Lipinski definition) is 3. The van der Waals surface area contributed by atoms with Gasteiger partial charge in [-0.3, -0.25) is 4.68 Å². The van der Waals surface area contributed by atoms with Crippen molar-refractivity contribution in [2.24, 2.45) is 0 Å². The Balaban J connectivity index is 0.00000401. The van der Waals surface area contributed by atoms with Crippen LogP contribution in [0.3, 0.4) is 0 Å². The second-order valence-corrected chi connectivity index (χ2v) is 12.5. The standard InChI is InChI=1S/C42H40N4O.Pd/c1-7-9-16-38-42(41-29(5)22-28(4)23-30(41)6)36(8-2)44-46(38)31-13-12-14-32(25-31)47-33-18-19-35-34-15-10-11-17-37(34)45(39(35)26-33)40-24-27(3)20-21-43-40;/h10-15,17-24H,7-9,16H2,1-6H3;/q-2;+2. The fourth-order valence-corrected chi connectivity index (χ4v) is 6.94. The van der Waals surface area contributed by atoms with Crippen LogP contribution in [0, 0.1) is 39.8 Å². The fourth-order valence-electron chi connectivity index (χ4n) is 6.94. The van der Waals surface area contributed by atoms with Crippen LogP contribution < -0.4 is 4.74 Å². The van der Waals surface area contributed by atoms with Crippen LogP contribution in [-0.4, -0.2) is 19.3 Å². The van der Waals surface area contributed by atoms with Crippen LogP contribution in [0.15, 0.2) is 85.1 Å². The molecule has 244 valence electrons. The first kappa shape index (κ1) is 33.4. The number of nitrogens with zero attached hydrogens (tertiary/aromatic N) is 4. The van der Waals surface area contributed by atoms with Gasteiger partial charge in [-0.1, -0.05) is 61.7 Å². The number of aromatic nitrogens is 4. The molecule has 6 heteroatoms. The van der Waals surface area contributed by atoms with E-state index in [1.165, 1.54) is 33.5 Å². The number of para-hydroxylation sites is 1. The monoisotopic (exact) mass is 722 g/mol. The second kappa shape index (κ2) is 13.9. The zero-order chi connectivity index (χ0) is 32.7. The third kappa shape index (κ3) is 6.12. The fraction of sp³-hybridized carbons (Fsp3) is 0.238. The van der Waals surface area contributed by atoms with E-state index in [2.05, 4.69) is 118 Å². The third-order valence-corrected chi connectivity index (χ3v) is 8.97. The average molecular weight is 723 g/mol. The maximum absolute atomic E-state index is 6.49. The number of ether oxygens (including phenoxy) is 1. The van der Waals surface area contributed by atoms with Gasteiger partial charge in [-0.15, -0.1) is 35.7 Å². The van der Waals surface area contributed by atoms with Crippen molar-refractivity contribution in [2.45, 2.75) is 67.2 Å². The molecule has 7 rings (SSSR count). The Kier molecular flexibility index (Phi) is 9.69. The van der Waals surface area contributed by atoms with Crippen molar-refractivity contribution in [3.05, 3.63) is 131 Å². The number of rotatable bonds is 9. The van der Waals surface area contributed by atoms with Gasteiger partial charge in [0, 0.05) is 34.5 Å². The summed E-state index contributed by atoms with van der Waals surface area (Å²) in [7, 11) is 0. The molecule has 0 N–H and O–H groups in total. The van der Waals surface area contributed by atoms with Gasteiger partial charge in [0.25, 0.3) is 0 Å². The summed E-state index contributed by atoms with van der Waals surface area (Å²) in [6.07, 6.45) is 5.83. The van der Waals surface area contributed by atoms with Crippen molar-refractivity contribution in [3.63, 3.8) is 0 Å². The van der Waals surface area contributed by atoms with E-state index < -0.39 is 0 Å². The zero-order valence-electron chi connectivity index (χ0n) is 28.4. The van der Waals surface area contributed by atoms with Gasteiger partial charge >= 0.3 is 20.4 Å². The molecule has 7 aromatic rings. The van der Waals surface area contributed by atoms with E-state index >= 15 is 0 Å². The van der Waals surface area contributed by atoms with Crippen LogP contribution >= 0.6 is 0 Å². The number of hydrogen-bond donors (Lipinski definition) is 0. The van der Waals surface area contributed by atoms with Gasteiger partial charge in [-0.05, 0) is 98.5 Å². The molecule has 0 aliphatic heterocycles. The Bertz CT molecular complexity index is 2240. The van der Waals surface area contributed by atoms with Crippen LogP contribution in [0.4, 0.5) is 0 Å². The maximum Gasteiger partial charge on any atom is 2.00 e. The molecule has 48 heavy (non-hydrogen) atoms. The summed E-state index contributed by atoms with van der Waals surface area (Å²) >= 11 is 0. The Morgan fingerprint density at radius 2 is 1.52 bits per heavy atom. The van der Waals surface area contributed by atoms with Gasteiger partial charge in [0.2, 0.25) is 0 Å². The van der Waals surface area contributed by atoms with E-state index in [9.17, 15) is 0 Å². The molecule has 0 radical (unpaired) electrons. The molecule has 0 unspecified atom stereocenters. The molecule has 0 saturated carbocycles. The Morgan fingerprint density at radius 3 is 2.27 bits per heavy atom. The smallest absolute Gasteiger partial charge is 0.509 e. The molecule has 3 aromatic heterocycles. The zero-order valence-corrected chi connectivity index (χ0v) is 30.0. The van der Waals surface area contributed by atoms with Crippen LogP contribution in [0.25, 0.3) is 44.4 Å². The molecule has 0 saturated heterocycles. The van der Waals surface area contributed by atoms with Crippen LogP contribution in [0.2, 0.25) is 0 Å². The summed E-state index contributed by atoms with van der Waals surface area (Å²) in [4.78, 5) is 4.71. The van der Waals surface area contributed by atoms with Crippen molar-refractivity contribution in [3.8, 4) is 34.1 Å². The first-order valence-corrected chi connectivity index (χ1v) is 16.6. The summed E-state index contributed by atoms with van der Waals surface area (Å²) in [6, 6.07) is 34.3. The molecule has 0 aliphatic rings. The van der Waals surface area contributed by atoms with Crippen molar-refractivity contribution in [1.82, 2.24) is 19.3 Å². The summed E-state index contributed by atoms with van der Waals surface area (Å²) in [5.41, 5.74) is 12.8. The van der Waals surface area contributed by atoms with Gasteiger partial charge in [-0.25, -0.2) is 4.98 Å². The second-order valence-electron chi connectivity index (χ2n) is 12.5. The van der Waals surface area contributed by atoms with Crippen LogP contribution in [0.1, 0.15) is 60.3 Å². The molecular formula is C42H40N4OPd. The molecule has 0 spiro atoms. The van der Waals surface area contributed by atoms with Crippen molar-refractivity contribution in [2.75, 3.05) is 0 Å². The minimum atomic E-state index is 0. The molecule has 4 aromatic carbocycles. The summed E-state index contributed by atoms with van der Waals surface area (Å²) < 4.78 is 10.8. The quantitative estimate of drug-likeness (QED) is 0.110. The summed E-state index contributed by atoms with van der Waals surface area (Å²) in [6.45, 7) is 13.1. The summed E-state index contributed by atoms with van der Waals surface area (Å²) in [5, 5.41) is 7.47. The van der Waals surface area contributed by atoms with E-state index in [0.29, 0.717) is 11.5 Å². The van der Waals surface area contributed by atoms with Crippen molar-refractivity contribution >= 4 is 21.8 Å². The normalized spacial score (nSPS) is 11.3. The van der Waals surface area contributed by atoms with Gasteiger partial charge in [0.05, 0.1) is 5.69 Å². The van der Waals surface area contributed by atoms with E-state index in [1.807, 2.05) is 30.5 Å². The first-order chi connectivity index (χ1) is 22.9. The van der Waals surface area contributed by atoms with Gasteiger partial charge < -0.3 is 9.30 Å². The van der Waals surface area contributed by atoms with E-state index in [4.69, 9.17) is 14.8 Å². The van der Waals surface area contributed by atoms with E-state index in [0.717, 1.165) is 70.3 Å². The van der Waals surface area contributed by atoms with Crippen LogP contribution in [0.5, 0.6) is 11.5 Å². The topological polar surface area (TPSA) is 44.9 Å². The molecule has 0 amide bonds. The van der Waals surface area contributed by atoms with E-state index in [-0.39, 0.29) is 20.4 Å². The van der Waals surface area contributed by atoms with Crippen molar-refractivity contribution in [1.29, 1.82) is 0 Å². The van der Waals surface area contributed by atoms with Crippen molar-refractivity contribution < 1.29 is 25.2 Å². The SMILES string of the molecule is CCCCc1c(-c2c(C)cc(C)cc2C)c(CC)nn1-c1[c-]c(Oc2[c-]c3c(cc2)c2ccccc2n3-c2cc(C)ccn2)ccc1.[Pd+2]. The molecule has 0 aliphatic carbocycles. The van der Waals surface area contributed by atoms with Gasteiger partial charge in [0.15, 0.2) is 0 Å². The largest absolute Gasteiger partial charge is 2.00 e. The number of benzene rings is 4. The first-order valence-electron chi connectivity index (χ1n) is 16.6. The third-order valence-electron chi connectivity index (χ3n) is 8.97. The van der Waals surface area contributed by atoms with Crippen LogP contribution in [-0.2, 0) is 33.3 Å². The predicted octanol–water partition coefficient (Wildman–Crippen LogP) is 10.6. The minimum Gasteiger partial charge on any atom is -0.509 e. The molecular weight excluding hydrogens is 683 g/mol. The molecule has 5 nitrogen and oxygen atoms in total. The molecule has 0 atom stereocenters. The van der Waals surface area contributed by atoms with Gasteiger partial charge in [0.1, 0.15) is 5.82 Å². The minimum absolute atomic E-state index is 0. The number of aryl methyl sites for hydroxylation is 5. The Labute approximate surface area is 297 Å².